The van der Waals surface area contributed by atoms with Gasteiger partial charge in [0.1, 0.15) is 5.38 Å². The lowest BCUT2D eigenvalue weighted by Gasteiger charge is -2.07. The number of alkyl halides is 1. The largest absolute Gasteiger partial charge is 0.325 e. The Bertz CT molecular complexity index is 499. The first-order chi connectivity index (χ1) is 7.30. The number of nitrogens with two attached hydrogens (primary N) is 1. The van der Waals surface area contributed by atoms with E-state index in [9.17, 15) is 13.2 Å². The normalized spacial score (nSPS) is 13.2. The summed E-state index contributed by atoms with van der Waals surface area (Å²) < 4.78 is 22.1. The van der Waals surface area contributed by atoms with Crippen molar-refractivity contribution >= 4 is 33.2 Å². The van der Waals surface area contributed by atoms with Crippen LogP contribution in [0.25, 0.3) is 0 Å². The first-order valence-corrected chi connectivity index (χ1v) is 6.37. The molecule has 1 aromatic carbocycles. The van der Waals surface area contributed by atoms with Crippen LogP contribution in [0.3, 0.4) is 0 Å². The molecule has 0 saturated carbocycles. The van der Waals surface area contributed by atoms with Gasteiger partial charge in [-0.15, -0.1) is 11.6 Å². The van der Waals surface area contributed by atoms with Crippen molar-refractivity contribution < 1.29 is 13.2 Å². The first kappa shape index (κ1) is 13.0. The van der Waals surface area contributed by atoms with E-state index in [1.54, 1.807) is 6.07 Å². The average molecular weight is 263 g/mol. The molecular formula is C9H11ClN2O3S. The molecule has 16 heavy (non-hydrogen) atoms. The number of hydrogen-bond donors (Lipinski definition) is 2. The molecule has 0 aliphatic rings. The fraction of sp³-hybridized carbons (Fsp3) is 0.222. The Morgan fingerprint density at radius 1 is 1.50 bits per heavy atom. The van der Waals surface area contributed by atoms with Crippen molar-refractivity contribution in [2.75, 3.05) is 5.32 Å². The number of hydrogen-bond acceptors (Lipinski definition) is 3. The molecule has 1 rings (SSSR count). The van der Waals surface area contributed by atoms with Crippen LogP contribution in [-0.4, -0.2) is 19.7 Å². The lowest BCUT2D eigenvalue weighted by atomic mass is 10.3. The average Bonchev–Trinajstić information content (AvgIpc) is 2.16. The quantitative estimate of drug-likeness (QED) is 0.793. The van der Waals surface area contributed by atoms with Gasteiger partial charge in [-0.1, -0.05) is 6.07 Å². The zero-order valence-electron chi connectivity index (χ0n) is 8.48. The zero-order valence-corrected chi connectivity index (χ0v) is 10.0. The van der Waals surface area contributed by atoms with Gasteiger partial charge in [-0.05, 0) is 25.1 Å². The summed E-state index contributed by atoms with van der Waals surface area (Å²) in [6.07, 6.45) is 0. The predicted molar refractivity (Wildman–Crippen MR) is 61.8 cm³/mol. The Kier molecular flexibility index (Phi) is 3.90. The molecule has 0 fully saturated rings. The SMILES string of the molecule is C[C@H](Cl)C(=O)Nc1cccc(S(N)(=O)=O)c1. The minimum absolute atomic E-state index is 0.0625. The van der Waals surface area contributed by atoms with Crippen molar-refractivity contribution in [1.82, 2.24) is 0 Å². The van der Waals surface area contributed by atoms with Crippen molar-refractivity contribution in [2.24, 2.45) is 5.14 Å². The molecular weight excluding hydrogens is 252 g/mol. The van der Waals surface area contributed by atoms with Crippen LogP contribution in [0.2, 0.25) is 0 Å². The summed E-state index contributed by atoms with van der Waals surface area (Å²) in [6, 6.07) is 5.64. The number of halogens is 1. The summed E-state index contributed by atoms with van der Waals surface area (Å²) in [5.41, 5.74) is 0.337. The monoisotopic (exact) mass is 262 g/mol. The van der Waals surface area contributed by atoms with Crippen molar-refractivity contribution in [3.8, 4) is 0 Å². The molecule has 0 aromatic heterocycles. The summed E-state index contributed by atoms with van der Waals surface area (Å²) in [7, 11) is -3.77. The van der Waals surface area contributed by atoms with Gasteiger partial charge in [0.15, 0.2) is 0 Å². The number of nitrogens with one attached hydrogen (secondary N) is 1. The summed E-state index contributed by atoms with van der Waals surface area (Å²) in [4.78, 5) is 11.2. The van der Waals surface area contributed by atoms with Gasteiger partial charge in [-0.3, -0.25) is 4.79 Å². The topological polar surface area (TPSA) is 89.3 Å². The molecule has 3 N–H and O–H groups in total. The van der Waals surface area contributed by atoms with Crippen LogP contribution >= 0.6 is 11.6 Å². The summed E-state index contributed by atoms with van der Waals surface area (Å²) in [5, 5.41) is 6.72. The molecule has 1 amide bonds. The third-order valence-electron chi connectivity index (χ3n) is 1.79. The maximum atomic E-state index is 11.2. The van der Waals surface area contributed by atoms with Gasteiger partial charge in [0, 0.05) is 5.69 Å². The molecule has 1 aromatic rings. The lowest BCUT2D eigenvalue weighted by molar-refractivity contribution is -0.115. The van der Waals surface area contributed by atoms with Crippen LogP contribution in [-0.2, 0) is 14.8 Å². The van der Waals surface area contributed by atoms with E-state index in [1.807, 2.05) is 0 Å². The first-order valence-electron chi connectivity index (χ1n) is 4.38. The zero-order chi connectivity index (χ0) is 12.3. The standard InChI is InChI=1S/C9H11ClN2O3S/c1-6(10)9(13)12-7-3-2-4-8(5-7)16(11,14)15/h2-6H,1H3,(H,12,13)(H2,11,14,15)/t6-/m0/s1. The number of amides is 1. The van der Waals surface area contributed by atoms with Crippen molar-refractivity contribution in [3.63, 3.8) is 0 Å². The van der Waals surface area contributed by atoms with E-state index in [2.05, 4.69) is 5.32 Å². The van der Waals surface area contributed by atoms with E-state index >= 15 is 0 Å². The van der Waals surface area contributed by atoms with Gasteiger partial charge in [0.2, 0.25) is 15.9 Å². The second-order valence-corrected chi connectivity index (χ2v) is 5.39. The highest BCUT2D eigenvalue weighted by Crippen LogP contribution is 2.14. The Morgan fingerprint density at radius 2 is 2.12 bits per heavy atom. The van der Waals surface area contributed by atoms with Crippen LogP contribution in [0.1, 0.15) is 6.92 Å². The molecule has 0 saturated heterocycles. The fourth-order valence-electron chi connectivity index (χ4n) is 0.993. The van der Waals surface area contributed by atoms with Crippen LogP contribution in [0.5, 0.6) is 0 Å². The van der Waals surface area contributed by atoms with E-state index in [0.29, 0.717) is 5.69 Å². The van der Waals surface area contributed by atoms with Crippen molar-refractivity contribution in [2.45, 2.75) is 17.2 Å². The molecule has 0 aliphatic heterocycles. The maximum absolute atomic E-state index is 11.2. The highest BCUT2D eigenvalue weighted by molar-refractivity contribution is 7.89. The molecule has 5 nitrogen and oxygen atoms in total. The van der Waals surface area contributed by atoms with E-state index in [4.69, 9.17) is 16.7 Å². The Balaban J connectivity index is 2.96. The van der Waals surface area contributed by atoms with E-state index in [1.165, 1.54) is 25.1 Å². The number of benzene rings is 1. The number of primary sulfonamides is 1. The third kappa shape index (κ3) is 3.48. The Morgan fingerprint density at radius 3 is 2.62 bits per heavy atom. The predicted octanol–water partition coefficient (Wildman–Crippen LogP) is 0.900. The van der Waals surface area contributed by atoms with Gasteiger partial charge in [0.25, 0.3) is 0 Å². The summed E-state index contributed by atoms with van der Waals surface area (Å²) >= 11 is 5.55. The molecule has 0 unspecified atom stereocenters. The molecule has 7 heteroatoms. The maximum Gasteiger partial charge on any atom is 0.242 e. The molecule has 0 spiro atoms. The Hall–Kier alpha value is -1.11. The lowest BCUT2D eigenvalue weighted by Crippen LogP contribution is -2.20. The smallest absolute Gasteiger partial charge is 0.242 e. The van der Waals surface area contributed by atoms with E-state index in [0.717, 1.165) is 0 Å². The van der Waals surface area contributed by atoms with E-state index < -0.39 is 21.3 Å². The minimum atomic E-state index is -3.77. The number of rotatable bonds is 3. The summed E-state index contributed by atoms with van der Waals surface area (Å²) in [6.45, 7) is 1.51. The van der Waals surface area contributed by atoms with Crippen LogP contribution in [0.15, 0.2) is 29.2 Å². The molecule has 0 heterocycles. The Labute approximate surface area is 98.6 Å². The highest BCUT2D eigenvalue weighted by atomic mass is 35.5. The molecule has 0 aliphatic carbocycles. The fourth-order valence-corrected chi connectivity index (χ4v) is 1.61. The molecule has 0 bridgehead atoms. The van der Waals surface area contributed by atoms with Gasteiger partial charge >= 0.3 is 0 Å². The number of carbonyl (C=O) groups excluding carboxylic acids is 1. The number of carbonyl (C=O) groups is 1. The molecule has 1 atom stereocenters. The van der Waals surface area contributed by atoms with Crippen LogP contribution < -0.4 is 10.5 Å². The van der Waals surface area contributed by atoms with Gasteiger partial charge in [-0.25, -0.2) is 13.6 Å². The van der Waals surface area contributed by atoms with Crippen molar-refractivity contribution in [1.29, 1.82) is 0 Å². The second kappa shape index (κ2) is 4.82. The van der Waals surface area contributed by atoms with Crippen molar-refractivity contribution in [3.05, 3.63) is 24.3 Å². The number of sulfonamides is 1. The van der Waals surface area contributed by atoms with Crippen LogP contribution in [0.4, 0.5) is 5.69 Å². The van der Waals surface area contributed by atoms with Gasteiger partial charge < -0.3 is 5.32 Å². The molecule has 88 valence electrons. The van der Waals surface area contributed by atoms with Crippen LogP contribution in [0, 0.1) is 0 Å². The van der Waals surface area contributed by atoms with Gasteiger partial charge in [0.05, 0.1) is 4.90 Å². The minimum Gasteiger partial charge on any atom is -0.325 e. The van der Waals surface area contributed by atoms with E-state index in [-0.39, 0.29) is 4.90 Å². The summed E-state index contributed by atoms with van der Waals surface area (Å²) in [5.74, 6) is -0.409. The highest BCUT2D eigenvalue weighted by Gasteiger charge is 2.11. The second-order valence-electron chi connectivity index (χ2n) is 3.18. The van der Waals surface area contributed by atoms with Gasteiger partial charge in [-0.2, -0.15) is 0 Å². The number of anilines is 1. The molecule has 0 radical (unpaired) electrons. The third-order valence-corrected chi connectivity index (χ3v) is 2.90.